The van der Waals surface area contributed by atoms with Crippen molar-refractivity contribution in [3.63, 3.8) is 0 Å². The minimum atomic E-state index is -0.467. The van der Waals surface area contributed by atoms with Crippen LogP contribution in [0.25, 0.3) is 6.08 Å². The second-order valence-corrected chi connectivity index (χ2v) is 4.27. The normalized spacial score (nSPS) is 15.8. The fraction of sp³-hybridized carbons (Fsp3) is 0.167. The maximum Gasteiger partial charge on any atom is 0.262 e. The first-order chi connectivity index (χ1) is 9.04. The van der Waals surface area contributed by atoms with Crippen LogP contribution in [0.2, 0.25) is 0 Å². The summed E-state index contributed by atoms with van der Waals surface area (Å²) in [6, 6.07) is 0. The number of aromatic amines is 1. The van der Waals surface area contributed by atoms with E-state index in [0.717, 1.165) is 0 Å². The molecule has 1 aliphatic heterocycles. The molecule has 0 saturated carbocycles. The molecule has 98 valence electrons. The monoisotopic (exact) mass is 276 g/mol. The van der Waals surface area contributed by atoms with Crippen molar-refractivity contribution < 1.29 is 5.11 Å². The van der Waals surface area contributed by atoms with Crippen LogP contribution in [0.15, 0.2) is 33.1 Å². The quantitative estimate of drug-likeness (QED) is 0.650. The van der Waals surface area contributed by atoms with Gasteiger partial charge in [0, 0.05) is 6.54 Å². The Morgan fingerprint density at radius 1 is 1.63 bits per heavy atom. The molecular weight excluding hydrogens is 264 g/mol. The summed E-state index contributed by atoms with van der Waals surface area (Å²) >= 11 is 4.98. The Hall–Kier alpha value is -2.28. The van der Waals surface area contributed by atoms with E-state index in [2.05, 4.69) is 21.5 Å². The molecule has 2 rings (SSSR count). The minimum Gasteiger partial charge on any atom is -0.494 e. The molecule has 0 unspecified atom stereocenters. The zero-order valence-electron chi connectivity index (χ0n) is 10.3. The number of aliphatic imine (C=N–C) groups is 2. The standard InChI is InChI=1S/C12H12N4O2S/c1-3-4-16-11(18)8(10(17)15-12(16)19)5-9-7(2)13-6-14-9/h3,5-6,18H,1,4H2,2H3,(H,15,17,19). The Kier molecular flexibility index (Phi) is 3.57. The maximum absolute atomic E-state index is 11.9. The summed E-state index contributed by atoms with van der Waals surface area (Å²) in [5, 5.41) is 10.1. The van der Waals surface area contributed by atoms with E-state index in [1.807, 2.05) is 0 Å². The molecule has 0 amide bonds. The van der Waals surface area contributed by atoms with Gasteiger partial charge in [-0.3, -0.25) is 14.3 Å². The number of nitrogens with one attached hydrogen (secondary N) is 1. The molecular formula is C12H12N4O2S. The van der Waals surface area contributed by atoms with Crippen molar-refractivity contribution in [1.29, 1.82) is 0 Å². The Balaban J connectivity index is 2.65. The number of nitrogens with zero attached hydrogens (tertiary/aromatic N) is 3. The van der Waals surface area contributed by atoms with Gasteiger partial charge in [0.05, 0.1) is 11.4 Å². The summed E-state index contributed by atoms with van der Waals surface area (Å²) in [5.74, 6) is -0.212. The highest BCUT2D eigenvalue weighted by Crippen LogP contribution is 2.18. The van der Waals surface area contributed by atoms with Gasteiger partial charge in [-0.25, -0.2) is 9.98 Å². The smallest absolute Gasteiger partial charge is 0.262 e. The van der Waals surface area contributed by atoms with Crippen molar-refractivity contribution in [3.05, 3.63) is 39.0 Å². The highest BCUT2D eigenvalue weighted by atomic mass is 32.1. The Bertz CT molecular complexity index is 737. The minimum absolute atomic E-state index is 0.0963. The van der Waals surface area contributed by atoms with Crippen molar-refractivity contribution >= 4 is 30.3 Å². The summed E-state index contributed by atoms with van der Waals surface area (Å²) in [7, 11) is 0. The number of aromatic nitrogens is 2. The van der Waals surface area contributed by atoms with E-state index < -0.39 is 5.56 Å². The van der Waals surface area contributed by atoms with Gasteiger partial charge >= 0.3 is 0 Å². The second kappa shape index (κ2) is 5.15. The molecule has 1 aromatic rings. The van der Waals surface area contributed by atoms with Gasteiger partial charge in [-0.15, -0.1) is 6.58 Å². The lowest BCUT2D eigenvalue weighted by atomic mass is 10.2. The SMILES string of the molecule is C=CCn1c(O)c(C=C2N=CN=C2C)c(=O)[nH]c1=S. The second-order valence-electron chi connectivity index (χ2n) is 3.88. The molecule has 1 aromatic heterocycles. The summed E-state index contributed by atoms with van der Waals surface area (Å²) in [6.07, 6.45) is 4.45. The van der Waals surface area contributed by atoms with Gasteiger partial charge in [0.25, 0.3) is 5.56 Å². The first kappa shape index (κ1) is 13.2. The molecule has 0 bridgehead atoms. The van der Waals surface area contributed by atoms with Crippen LogP contribution in [0, 0.1) is 4.77 Å². The van der Waals surface area contributed by atoms with Crippen LogP contribution in [0.1, 0.15) is 12.5 Å². The molecule has 0 atom stereocenters. The van der Waals surface area contributed by atoms with Crippen molar-refractivity contribution in [1.82, 2.24) is 9.55 Å². The first-order valence-electron chi connectivity index (χ1n) is 5.50. The number of hydrogen-bond acceptors (Lipinski definition) is 5. The number of aromatic hydroxyl groups is 1. The average Bonchev–Trinajstić information content (AvgIpc) is 2.76. The van der Waals surface area contributed by atoms with Crippen LogP contribution < -0.4 is 5.56 Å². The van der Waals surface area contributed by atoms with Crippen molar-refractivity contribution in [2.75, 3.05) is 0 Å². The zero-order chi connectivity index (χ0) is 14.0. The Morgan fingerprint density at radius 3 is 2.95 bits per heavy atom. The number of rotatable bonds is 3. The van der Waals surface area contributed by atoms with Crippen LogP contribution in [-0.4, -0.2) is 26.7 Å². The fourth-order valence-electron chi connectivity index (χ4n) is 1.62. The van der Waals surface area contributed by atoms with Crippen LogP contribution in [0.5, 0.6) is 5.88 Å². The van der Waals surface area contributed by atoms with Gasteiger partial charge < -0.3 is 5.11 Å². The predicted molar refractivity (Wildman–Crippen MR) is 77.3 cm³/mol. The molecule has 2 heterocycles. The molecule has 0 fully saturated rings. The van der Waals surface area contributed by atoms with Crippen LogP contribution in [-0.2, 0) is 6.54 Å². The lowest BCUT2D eigenvalue weighted by Crippen LogP contribution is -2.16. The maximum atomic E-state index is 11.9. The fourth-order valence-corrected chi connectivity index (χ4v) is 1.87. The van der Waals surface area contributed by atoms with Crippen LogP contribution in [0.4, 0.5) is 0 Å². The molecule has 0 aliphatic carbocycles. The summed E-state index contributed by atoms with van der Waals surface area (Å²) in [6.45, 7) is 5.64. The van der Waals surface area contributed by atoms with Gasteiger partial charge in [-0.2, -0.15) is 0 Å². The van der Waals surface area contributed by atoms with Crippen molar-refractivity contribution in [3.8, 4) is 5.88 Å². The van der Waals surface area contributed by atoms with Crippen LogP contribution >= 0.6 is 12.2 Å². The Morgan fingerprint density at radius 2 is 2.37 bits per heavy atom. The molecule has 1 aliphatic rings. The molecule has 7 heteroatoms. The Labute approximate surface area is 114 Å². The van der Waals surface area contributed by atoms with E-state index in [1.54, 1.807) is 13.0 Å². The van der Waals surface area contributed by atoms with Crippen molar-refractivity contribution in [2.24, 2.45) is 9.98 Å². The van der Waals surface area contributed by atoms with Gasteiger partial charge in [-0.05, 0) is 25.2 Å². The summed E-state index contributed by atoms with van der Waals surface area (Å²) in [4.78, 5) is 22.3. The summed E-state index contributed by atoms with van der Waals surface area (Å²) < 4.78 is 1.52. The number of hydrogen-bond donors (Lipinski definition) is 2. The van der Waals surface area contributed by atoms with E-state index >= 15 is 0 Å². The molecule has 0 saturated heterocycles. The third-order valence-corrected chi connectivity index (χ3v) is 2.94. The molecule has 6 nitrogen and oxygen atoms in total. The topological polar surface area (TPSA) is 82.7 Å². The van der Waals surface area contributed by atoms with E-state index in [-0.39, 0.29) is 16.2 Å². The van der Waals surface area contributed by atoms with E-state index in [9.17, 15) is 9.90 Å². The molecule has 0 radical (unpaired) electrons. The lowest BCUT2D eigenvalue weighted by molar-refractivity contribution is 0.412. The largest absolute Gasteiger partial charge is 0.494 e. The first-order valence-corrected chi connectivity index (χ1v) is 5.91. The van der Waals surface area contributed by atoms with Crippen molar-refractivity contribution in [2.45, 2.75) is 13.5 Å². The van der Waals surface area contributed by atoms with E-state index in [1.165, 1.54) is 17.0 Å². The third kappa shape index (κ3) is 2.45. The third-order valence-electron chi connectivity index (χ3n) is 2.62. The van der Waals surface area contributed by atoms with E-state index in [4.69, 9.17) is 12.2 Å². The molecule has 2 N–H and O–H groups in total. The summed E-state index contributed by atoms with van der Waals surface area (Å²) in [5.41, 5.74) is 0.837. The predicted octanol–water partition coefficient (Wildman–Crippen LogP) is 1.64. The van der Waals surface area contributed by atoms with E-state index in [0.29, 0.717) is 18.0 Å². The highest BCUT2D eigenvalue weighted by molar-refractivity contribution is 7.71. The molecule has 0 spiro atoms. The van der Waals surface area contributed by atoms with Gasteiger partial charge in [-0.1, -0.05) is 6.08 Å². The van der Waals surface area contributed by atoms with Crippen LogP contribution in [0.3, 0.4) is 0 Å². The average molecular weight is 276 g/mol. The lowest BCUT2D eigenvalue weighted by Gasteiger charge is -2.09. The highest BCUT2D eigenvalue weighted by Gasteiger charge is 2.13. The van der Waals surface area contributed by atoms with Gasteiger partial charge in [0.2, 0.25) is 5.88 Å². The zero-order valence-corrected chi connectivity index (χ0v) is 11.1. The molecule has 19 heavy (non-hydrogen) atoms. The number of allylic oxidation sites excluding steroid dienone is 2. The van der Waals surface area contributed by atoms with Gasteiger partial charge in [0.1, 0.15) is 11.9 Å². The number of H-pyrrole nitrogens is 1. The van der Waals surface area contributed by atoms with Gasteiger partial charge in [0.15, 0.2) is 4.77 Å². The molecule has 0 aromatic carbocycles.